The first-order valence-electron chi connectivity index (χ1n) is 14.6. The summed E-state index contributed by atoms with van der Waals surface area (Å²) >= 11 is 7.51. The first-order valence-corrected chi connectivity index (χ1v) is 16.2. The van der Waals surface area contributed by atoms with Gasteiger partial charge in [0, 0.05) is 31.4 Å². The predicted molar refractivity (Wildman–Crippen MR) is 170 cm³/mol. The molecule has 7 nitrogen and oxygen atoms in total. The number of rotatable bonds is 9. The summed E-state index contributed by atoms with van der Waals surface area (Å²) in [5.41, 5.74) is 0.747. The number of hydrogen-bond donors (Lipinski definition) is 2. The summed E-state index contributed by atoms with van der Waals surface area (Å²) in [7, 11) is 0. The highest BCUT2D eigenvalue weighted by atomic mass is 35.5. The fourth-order valence-corrected chi connectivity index (χ4v) is 7.26. The second-order valence-corrected chi connectivity index (χ2v) is 13.7. The second kappa shape index (κ2) is 15.6. The summed E-state index contributed by atoms with van der Waals surface area (Å²) < 4.78 is 5.57. The monoisotopic (exact) mass is 610 g/mol. The van der Waals surface area contributed by atoms with Crippen LogP contribution in [0, 0.1) is 5.92 Å². The first-order chi connectivity index (χ1) is 18.7. The van der Waals surface area contributed by atoms with Crippen LogP contribution in [0.15, 0.2) is 30.3 Å². The third kappa shape index (κ3) is 10.1. The molecule has 1 saturated carbocycles. The topological polar surface area (TPSA) is 73.9 Å². The lowest BCUT2D eigenvalue weighted by Gasteiger charge is -2.34. The number of thiocarbonyl (C=S) groups is 1. The molecule has 10 heteroatoms. The molecule has 0 unspecified atom stereocenters. The van der Waals surface area contributed by atoms with Gasteiger partial charge in [0.25, 0.3) is 0 Å². The number of nitrogens with one attached hydrogen (secondary N) is 2. The molecule has 2 N–H and O–H groups in total. The van der Waals surface area contributed by atoms with Gasteiger partial charge in [0.05, 0.1) is 16.9 Å². The number of amides is 2. The minimum Gasteiger partial charge on any atom is -0.444 e. The Labute approximate surface area is 256 Å². The van der Waals surface area contributed by atoms with Gasteiger partial charge in [0.2, 0.25) is 5.91 Å². The minimum absolute atomic E-state index is 0. The molecule has 2 heterocycles. The number of benzene rings is 1. The molecule has 0 bridgehead atoms. The van der Waals surface area contributed by atoms with Crippen LogP contribution in [0.1, 0.15) is 77.7 Å². The quantitative estimate of drug-likeness (QED) is 0.345. The SMILES string of the molecule is CC(C)(C)OC(=O)N1CSC[C@H]1C(=O)N[C@H](CCC1CCCC1)C(=S)NC1CCN(Cc2ccccc2)CC1.Cl. The third-order valence-electron chi connectivity index (χ3n) is 7.97. The van der Waals surface area contributed by atoms with Crippen molar-refractivity contribution in [1.29, 1.82) is 0 Å². The highest BCUT2D eigenvalue weighted by Gasteiger charge is 2.38. The first kappa shape index (κ1) is 33.0. The number of hydrogen-bond acceptors (Lipinski definition) is 6. The zero-order valence-electron chi connectivity index (χ0n) is 24.2. The van der Waals surface area contributed by atoms with E-state index in [1.807, 2.05) is 20.8 Å². The highest BCUT2D eigenvalue weighted by Crippen LogP contribution is 2.29. The van der Waals surface area contributed by atoms with E-state index in [1.54, 1.807) is 16.7 Å². The molecule has 2 aliphatic heterocycles. The Kier molecular flexibility index (Phi) is 12.9. The van der Waals surface area contributed by atoms with Crippen molar-refractivity contribution >= 4 is 53.4 Å². The van der Waals surface area contributed by atoms with Crippen molar-refractivity contribution in [3.8, 4) is 0 Å². The molecule has 3 fully saturated rings. The number of ether oxygens (including phenoxy) is 1. The zero-order chi connectivity index (χ0) is 27.8. The van der Waals surface area contributed by atoms with Crippen LogP contribution in [0.2, 0.25) is 0 Å². The Morgan fingerprint density at radius 2 is 1.77 bits per heavy atom. The van der Waals surface area contributed by atoms with E-state index in [9.17, 15) is 9.59 Å². The van der Waals surface area contributed by atoms with Crippen LogP contribution in [0.3, 0.4) is 0 Å². The molecule has 3 aliphatic rings. The molecule has 2 amide bonds. The molecular formula is C30H47ClN4O3S2. The van der Waals surface area contributed by atoms with Crippen LogP contribution in [0.5, 0.6) is 0 Å². The Bertz CT molecular complexity index is 963. The number of likely N-dealkylation sites (tertiary alicyclic amines) is 1. The molecular weight excluding hydrogens is 564 g/mol. The van der Waals surface area contributed by atoms with Crippen LogP contribution in [0.4, 0.5) is 4.79 Å². The van der Waals surface area contributed by atoms with Crippen molar-refractivity contribution in [3.63, 3.8) is 0 Å². The lowest BCUT2D eigenvalue weighted by molar-refractivity contribution is -0.125. The second-order valence-electron chi connectivity index (χ2n) is 12.3. The minimum atomic E-state index is -0.600. The van der Waals surface area contributed by atoms with Crippen LogP contribution in [-0.4, -0.2) is 75.2 Å². The molecule has 224 valence electrons. The van der Waals surface area contributed by atoms with Crippen LogP contribution in [-0.2, 0) is 16.1 Å². The van der Waals surface area contributed by atoms with Gasteiger partial charge in [0.1, 0.15) is 11.6 Å². The smallest absolute Gasteiger partial charge is 0.411 e. The summed E-state index contributed by atoms with van der Waals surface area (Å²) in [6.07, 6.45) is 8.67. The van der Waals surface area contributed by atoms with Crippen LogP contribution < -0.4 is 10.6 Å². The molecule has 2 atom stereocenters. The van der Waals surface area contributed by atoms with Crippen molar-refractivity contribution in [1.82, 2.24) is 20.4 Å². The van der Waals surface area contributed by atoms with Gasteiger partial charge in [0.15, 0.2) is 0 Å². The molecule has 1 aromatic carbocycles. The molecule has 0 radical (unpaired) electrons. The maximum atomic E-state index is 13.5. The Balaban J connectivity index is 0.00000441. The van der Waals surface area contributed by atoms with Crippen molar-refractivity contribution in [3.05, 3.63) is 35.9 Å². The van der Waals surface area contributed by atoms with E-state index in [0.717, 1.165) is 50.3 Å². The molecule has 2 saturated heterocycles. The van der Waals surface area contributed by atoms with Gasteiger partial charge in [-0.15, -0.1) is 24.2 Å². The standard InChI is InChI=1S/C30H46N4O3S2.ClH/c1-30(2,3)37-29(36)34-21-39-20-26(34)27(35)32-25(14-13-22-9-7-8-10-22)28(38)31-24-15-17-33(18-16-24)19-23-11-5-4-6-12-23;/h4-6,11-12,22,24-26H,7-10,13-21H2,1-3H3,(H,31,38)(H,32,35);1H/t25-,26+;/m1./s1. The molecule has 1 aliphatic carbocycles. The van der Waals surface area contributed by atoms with E-state index >= 15 is 0 Å². The van der Waals surface area contributed by atoms with Crippen molar-refractivity contribution in [2.45, 2.75) is 102 Å². The Morgan fingerprint density at radius 3 is 2.42 bits per heavy atom. The Hall–Kier alpha value is -1.55. The van der Waals surface area contributed by atoms with Crippen molar-refractivity contribution in [2.75, 3.05) is 24.7 Å². The van der Waals surface area contributed by atoms with Gasteiger partial charge in [-0.25, -0.2) is 4.79 Å². The fraction of sp³-hybridized carbons (Fsp3) is 0.700. The van der Waals surface area contributed by atoms with Crippen LogP contribution in [0.25, 0.3) is 0 Å². The number of carbonyl (C=O) groups is 2. The van der Waals surface area contributed by atoms with E-state index in [2.05, 4.69) is 45.9 Å². The number of piperidine rings is 1. The number of thioether (sulfide) groups is 1. The van der Waals surface area contributed by atoms with E-state index in [-0.39, 0.29) is 24.4 Å². The molecule has 1 aromatic rings. The predicted octanol–water partition coefficient (Wildman–Crippen LogP) is 5.76. The average Bonchev–Trinajstić information content (AvgIpc) is 3.60. The summed E-state index contributed by atoms with van der Waals surface area (Å²) in [4.78, 5) is 31.0. The van der Waals surface area contributed by atoms with E-state index in [0.29, 0.717) is 23.6 Å². The van der Waals surface area contributed by atoms with Gasteiger partial charge < -0.3 is 15.4 Å². The molecule has 0 spiro atoms. The number of nitrogens with zero attached hydrogens (tertiary/aromatic N) is 2. The highest BCUT2D eigenvalue weighted by molar-refractivity contribution is 7.99. The van der Waals surface area contributed by atoms with Crippen molar-refractivity contribution in [2.24, 2.45) is 5.92 Å². The average molecular weight is 611 g/mol. The summed E-state index contributed by atoms with van der Waals surface area (Å²) in [6, 6.07) is 10.2. The lowest BCUT2D eigenvalue weighted by atomic mass is 9.97. The molecule has 40 heavy (non-hydrogen) atoms. The Morgan fingerprint density at radius 1 is 1.10 bits per heavy atom. The van der Waals surface area contributed by atoms with Crippen LogP contribution >= 0.6 is 36.4 Å². The molecule has 0 aromatic heterocycles. The van der Waals surface area contributed by atoms with E-state index < -0.39 is 17.7 Å². The zero-order valence-corrected chi connectivity index (χ0v) is 26.7. The number of halogens is 1. The van der Waals surface area contributed by atoms with Gasteiger partial charge in [-0.1, -0.05) is 68.2 Å². The van der Waals surface area contributed by atoms with E-state index in [1.165, 1.54) is 31.2 Å². The third-order valence-corrected chi connectivity index (χ3v) is 9.38. The maximum absolute atomic E-state index is 13.5. The lowest BCUT2D eigenvalue weighted by Crippen LogP contribution is -2.55. The van der Waals surface area contributed by atoms with E-state index in [4.69, 9.17) is 17.0 Å². The van der Waals surface area contributed by atoms with Gasteiger partial charge >= 0.3 is 6.09 Å². The summed E-state index contributed by atoms with van der Waals surface area (Å²) in [5.74, 6) is 1.61. The van der Waals surface area contributed by atoms with Crippen molar-refractivity contribution < 1.29 is 14.3 Å². The largest absolute Gasteiger partial charge is 0.444 e. The summed E-state index contributed by atoms with van der Waals surface area (Å²) in [6.45, 7) is 8.57. The molecule has 4 rings (SSSR count). The van der Waals surface area contributed by atoms with Gasteiger partial charge in [-0.2, -0.15) is 0 Å². The fourth-order valence-electron chi connectivity index (χ4n) is 5.78. The number of carbonyl (C=O) groups excluding carboxylic acids is 2. The maximum Gasteiger partial charge on any atom is 0.411 e. The van der Waals surface area contributed by atoms with Gasteiger partial charge in [-0.05, 0) is 57.9 Å². The normalized spacial score (nSPS) is 21.5. The summed E-state index contributed by atoms with van der Waals surface area (Å²) in [5, 5.41) is 6.86. The van der Waals surface area contributed by atoms with Gasteiger partial charge in [-0.3, -0.25) is 14.6 Å².